The largest absolute Gasteiger partial charge is 0.405 e. The number of rotatable bonds is 2. The molecule has 11 heavy (non-hydrogen) atoms. The Labute approximate surface area is 66.4 Å². The van der Waals surface area contributed by atoms with Crippen LogP contribution in [0, 0.1) is 0 Å². The first-order chi connectivity index (χ1) is 5.38. The highest BCUT2D eigenvalue weighted by Crippen LogP contribution is 2.03. The minimum Gasteiger partial charge on any atom is -0.405 e. The van der Waals surface area contributed by atoms with E-state index in [1.807, 2.05) is 24.4 Å². The summed E-state index contributed by atoms with van der Waals surface area (Å²) >= 11 is 0. The van der Waals surface area contributed by atoms with Crippen molar-refractivity contribution in [1.29, 1.82) is 0 Å². The molecule has 0 aromatic heterocycles. The second kappa shape index (κ2) is 3.83. The van der Waals surface area contributed by atoms with Crippen LogP contribution in [0.1, 0.15) is 0 Å². The van der Waals surface area contributed by atoms with Crippen LogP contribution in [0.5, 0.6) is 0 Å². The minimum absolute atomic E-state index is 0.176. The van der Waals surface area contributed by atoms with Crippen molar-refractivity contribution in [2.45, 2.75) is 6.04 Å². The Hall–Kier alpha value is -1.22. The van der Waals surface area contributed by atoms with Gasteiger partial charge in [-0.25, -0.2) is 0 Å². The summed E-state index contributed by atoms with van der Waals surface area (Å²) in [6.07, 6.45) is 9.36. The summed E-state index contributed by atoms with van der Waals surface area (Å²) < 4.78 is 0. The average Bonchev–Trinajstić information content (AvgIpc) is 2.09. The molecule has 1 rings (SSSR count). The second-order valence-electron chi connectivity index (χ2n) is 2.33. The Bertz CT molecular complexity index is 203. The maximum atomic E-state index is 5.47. The Morgan fingerprint density at radius 1 is 1.55 bits per heavy atom. The van der Waals surface area contributed by atoms with Crippen LogP contribution in [0.2, 0.25) is 0 Å². The van der Waals surface area contributed by atoms with Gasteiger partial charge in [0.2, 0.25) is 0 Å². The molecular formula is C8H13N3. The van der Waals surface area contributed by atoms with Crippen LogP contribution in [-0.2, 0) is 0 Å². The van der Waals surface area contributed by atoms with Gasteiger partial charge in [0.05, 0.1) is 6.04 Å². The van der Waals surface area contributed by atoms with E-state index >= 15 is 0 Å². The highest BCUT2D eigenvalue weighted by Gasteiger charge is 2.07. The van der Waals surface area contributed by atoms with Gasteiger partial charge in [0.1, 0.15) is 0 Å². The summed E-state index contributed by atoms with van der Waals surface area (Å²) in [6, 6.07) is 0.176. The van der Waals surface area contributed by atoms with Gasteiger partial charge in [-0.05, 0) is 24.0 Å². The van der Waals surface area contributed by atoms with Gasteiger partial charge in [-0.15, -0.1) is 0 Å². The summed E-state index contributed by atoms with van der Waals surface area (Å²) in [4.78, 5) is 0. The molecule has 0 bridgehead atoms. The Kier molecular flexibility index (Phi) is 2.74. The van der Waals surface area contributed by atoms with E-state index in [1.165, 1.54) is 0 Å². The van der Waals surface area contributed by atoms with Crippen molar-refractivity contribution in [2.75, 3.05) is 6.54 Å². The fraction of sp³-hybridized carbons (Fsp3) is 0.250. The molecule has 0 amide bonds. The molecule has 0 radical (unpaired) electrons. The maximum Gasteiger partial charge on any atom is 0.0684 e. The van der Waals surface area contributed by atoms with Gasteiger partial charge in [-0.1, -0.05) is 12.2 Å². The molecule has 0 spiro atoms. The van der Waals surface area contributed by atoms with E-state index in [1.54, 1.807) is 6.20 Å². The van der Waals surface area contributed by atoms with E-state index < -0.39 is 0 Å². The fourth-order valence-corrected chi connectivity index (χ4v) is 0.975. The lowest BCUT2D eigenvalue weighted by Gasteiger charge is -2.17. The van der Waals surface area contributed by atoms with Crippen LogP contribution in [0.25, 0.3) is 0 Å². The van der Waals surface area contributed by atoms with E-state index in [0.717, 1.165) is 5.57 Å². The summed E-state index contributed by atoms with van der Waals surface area (Å²) in [5.74, 6) is 0. The molecule has 3 nitrogen and oxygen atoms in total. The number of hydrogen-bond donors (Lipinski definition) is 3. The van der Waals surface area contributed by atoms with Crippen molar-refractivity contribution < 1.29 is 0 Å². The van der Waals surface area contributed by atoms with Crippen LogP contribution in [-0.4, -0.2) is 12.6 Å². The predicted molar refractivity (Wildman–Crippen MR) is 46.5 cm³/mol. The zero-order valence-electron chi connectivity index (χ0n) is 6.33. The number of nitrogens with two attached hydrogens (primary N) is 2. The number of allylic oxidation sites excluding steroid dienone is 2. The van der Waals surface area contributed by atoms with Gasteiger partial charge in [0.15, 0.2) is 0 Å². The molecule has 0 saturated heterocycles. The zero-order valence-corrected chi connectivity index (χ0v) is 6.33. The van der Waals surface area contributed by atoms with Crippen LogP contribution < -0.4 is 16.8 Å². The molecular weight excluding hydrogens is 138 g/mol. The van der Waals surface area contributed by atoms with Gasteiger partial charge in [0.25, 0.3) is 0 Å². The van der Waals surface area contributed by atoms with E-state index in [0.29, 0.717) is 6.54 Å². The van der Waals surface area contributed by atoms with Crippen molar-refractivity contribution in [1.82, 2.24) is 5.32 Å². The van der Waals surface area contributed by atoms with Crippen LogP contribution >= 0.6 is 0 Å². The molecule has 1 atom stereocenters. The first kappa shape index (κ1) is 7.88. The molecule has 60 valence electrons. The van der Waals surface area contributed by atoms with Gasteiger partial charge >= 0.3 is 0 Å². The van der Waals surface area contributed by atoms with E-state index in [2.05, 4.69) is 5.32 Å². The van der Waals surface area contributed by atoms with Crippen LogP contribution in [0.4, 0.5) is 0 Å². The third kappa shape index (κ3) is 1.85. The smallest absolute Gasteiger partial charge is 0.0684 e. The number of dihydropyridines is 1. The highest BCUT2D eigenvalue weighted by atomic mass is 14.9. The molecule has 0 aromatic carbocycles. The molecule has 1 aliphatic heterocycles. The molecule has 5 N–H and O–H groups in total. The lowest BCUT2D eigenvalue weighted by atomic mass is 10.1. The third-order valence-electron chi connectivity index (χ3n) is 1.64. The number of hydrogen-bond acceptors (Lipinski definition) is 3. The van der Waals surface area contributed by atoms with Crippen molar-refractivity contribution >= 4 is 0 Å². The van der Waals surface area contributed by atoms with Crippen molar-refractivity contribution in [3.05, 3.63) is 36.2 Å². The fourth-order valence-electron chi connectivity index (χ4n) is 0.975. The molecule has 0 aliphatic carbocycles. The molecule has 3 heteroatoms. The Balaban J connectivity index is 2.60. The molecule has 0 saturated carbocycles. The first-order valence-electron chi connectivity index (χ1n) is 3.58. The Morgan fingerprint density at radius 3 is 2.82 bits per heavy atom. The monoisotopic (exact) mass is 151 g/mol. The molecule has 1 unspecified atom stereocenters. The first-order valence-corrected chi connectivity index (χ1v) is 3.58. The van der Waals surface area contributed by atoms with Crippen LogP contribution in [0.15, 0.2) is 36.2 Å². The summed E-state index contributed by atoms with van der Waals surface area (Å²) in [7, 11) is 0. The van der Waals surface area contributed by atoms with E-state index in [9.17, 15) is 0 Å². The average molecular weight is 151 g/mol. The maximum absolute atomic E-state index is 5.47. The van der Waals surface area contributed by atoms with Gasteiger partial charge in [-0.2, -0.15) is 0 Å². The molecule has 0 aromatic rings. The molecule has 0 fully saturated rings. The van der Waals surface area contributed by atoms with Crippen LogP contribution in [0.3, 0.4) is 0 Å². The highest BCUT2D eigenvalue weighted by molar-refractivity contribution is 5.25. The summed E-state index contributed by atoms with van der Waals surface area (Å²) in [5, 5.41) is 3.13. The SMILES string of the molecule is N/C=C(\CN)C1C=CC=CN1. The summed E-state index contributed by atoms with van der Waals surface area (Å²) in [6.45, 7) is 0.492. The zero-order chi connectivity index (χ0) is 8.10. The normalized spacial score (nSPS) is 23.4. The third-order valence-corrected chi connectivity index (χ3v) is 1.64. The standard InChI is InChI=1S/C8H13N3/c9-5-7(6-10)8-3-1-2-4-11-8/h1-5,8,11H,6,9-10H2/b7-5+. The van der Waals surface area contributed by atoms with Crippen molar-refractivity contribution in [3.8, 4) is 0 Å². The lowest BCUT2D eigenvalue weighted by molar-refractivity contribution is 0.763. The predicted octanol–water partition coefficient (Wildman–Crippen LogP) is -0.171. The van der Waals surface area contributed by atoms with Gasteiger partial charge in [-0.3, -0.25) is 0 Å². The van der Waals surface area contributed by atoms with Gasteiger partial charge in [0, 0.05) is 6.54 Å². The summed E-state index contributed by atoms with van der Waals surface area (Å²) in [5.41, 5.74) is 11.8. The number of nitrogens with one attached hydrogen (secondary N) is 1. The van der Waals surface area contributed by atoms with Crippen molar-refractivity contribution in [2.24, 2.45) is 11.5 Å². The van der Waals surface area contributed by atoms with Crippen molar-refractivity contribution in [3.63, 3.8) is 0 Å². The topological polar surface area (TPSA) is 64.1 Å². The quantitative estimate of drug-likeness (QED) is 0.513. The second-order valence-corrected chi connectivity index (χ2v) is 2.33. The van der Waals surface area contributed by atoms with E-state index in [-0.39, 0.29) is 6.04 Å². The molecule has 1 heterocycles. The Morgan fingerprint density at radius 2 is 2.36 bits per heavy atom. The molecule has 1 aliphatic rings. The minimum atomic E-state index is 0.176. The van der Waals surface area contributed by atoms with E-state index in [4.69, 9.17) is 11.5 Å². The van der Waals surface area contributed by atoms with Gasteiger partial charge < -0.3 is 16.8 Å². The lowest BCUT2D eigenvalue weighted by Crippen LogP contribution is -2.30.